The first-order chi connectivity index (χ1) is 9.61. The van der Waals surface area contributed by atoms with Crippen molar-refractivity contribution in [2.45, 2.75) is 32.6 Å². The van der Waals surface area contributed by atoms with Gasteiger partial charge in [-0.3, -0.25) is 9.59 Å². The number of piperidine rings is 1. The predicted molar refractivity (Wildman–Crippen MR) is 82.7 cm³/mol. The van der Waals surface area contributed by atoms with Gasteiger partial charge in [-0.05, 0) is 43.5 Å². The highest BCUT2D eigenvalue weighted by Crippen LogP contribution is 2.22. The zero-order valence-corrected chi connectivity index (χ0v) is 13.4. The van der Waals surface area contributed by atoms with Crippen molar-refractivity contribution in [3.63, 3.8) is 0 Å². The number of nitrogens with zero attached hydrogens (tertiary/aromatic N) is 1. The van der Waals surface area contributed by atoms with E-state index in [2.05, 4.69) is 15.9 Å². The molecule has 0 atom stereocenters. The van der Waals surface area contributed by atoms with E-state index in [0.29, 0.717) is 30.9 Å². The maximum Gasteiger partial charge on any atom is 0.253 e. The second-order valence-corrected chi connectivity index (χ2v) is 6.21. The Morgan fingerprint density at radius 3 is 2.35 bits per heavy atom. The zero-order valence-electron chi connectivity index (χ0n) is 11.8. The fourth-order valence-electron chi connectivity index (χ4n) is 2.63. The van der Waals surface area contributed by atoms with Crippen molar-refractivity contribution >= 4 is 27.6 Å². The first-order valence-corrected chi connectivity index (χ1v) is 7.98. The lowest BCUT2D eigenvalue weighted by molar-refractivity contribution is -0.124. The number of hydrogen-bond donors (Lipinski definition) is 0. The molecule has 4 heteroatoms. The van der Waals surface area contributed by atoms with Gasteiger partial charge in [0.15, 0.2) is 0 Å². The molecular weight excluding hydrogens is 318 g/mol. The molecule has 1 aromatic carbocycles. The monoisotopic (exact) mass is 337 g/mol. The van der Waals surface area contributed by atoms with Crippen LogP contribution in [0, 0.1) is 5.92 Å². The molecule has 1 saturated heterocycles. The molecule has 0 bridgehead atoms. The molecule has 2 rings (SSSR count). The fraction of sp³-hybridized carbons (Fsp3) is 0.500. The van der Waals surface area contributed by atoms with Crippen molar-refractivity contribution in [1.29, 1.82) is 0 Å². The summed E-state index contributed by atoms with van der Waals surface area (Å²) in [5.74, 6) is 0.589. The maximum atomic E-state index is 12.3. The number of ketones is 1. The molecular formula is C16H20BrNO2. The minimum Gasteiger partial charge on any atom is -0.339 e. The Balaban J connectivity index is 1.92. The molecule has 3 nitrogen and oxygen atoms in total. The van der Waals surface area contributed by atoms with Crippen LogP contribution in [0.25, 0.3) is 0 Å². The van der Waals surface area contributed by atoms with Gasteiger partial charge in [0.2, 0.25) is 0 Å². The van der Waals surface area contributed by atoms with Crippen molar-refractivity contribution in [2.75, 3.05) is 13.1 Å². The van der Waals surface area contributed by atoms with E-state index in [-0.39, 0.29) is 11.8 Å². The summed E-state index contributed by atoms with van der Waals surface area (Å²) in [4.78, 5) is 26.1. The van der Waals surface area contributed by atoms with E-state index in [1.165, 1.54) is 0 Å². The lowest BCUT2D eigenvalue weighted by Gasteiger charge is -2.31. The molecule has 1 aliphatic rings. The van der Waals surface area contributed by atoms with Crippen LogP contribution >= 0.6 is 15.9 Å². The smallest absolute Gasteiger partial charge is 0.253 e. The quantitative estimate of drug-likeness (QED) is 0.840. The molecule has 0 aromatic heterocycles. The van der Waals surface area contributed by atoms with E-state index >= 15 is 0 Å². The predicted octanol–water partition coefficient (Wildman–Crippen LogP) is 3.67. The molecule has 1 aromatic rings. The number of carbonyl (C=O) groups excluding carboxylic acids is 2. The van der Waals surface area contributed by atoms with Gasteiger partial charge in [-0.2, -0.15) is 0 Å². The van der Waals surface area contributed by atoms with Crippen LogP contribution in [-0.4, -0.2) is 29.7 Å². The van der Waals surface area contributed by atoms with Crippen molar-refractivity contribution in [1.82, 2.24) is 4.90 Å². The molecule has 0 aliphatic carbocycles. The first kappa shape index (κ1) is 15.2. The summed E-state index contributed by atoms with van der Waals surface area (Å²) >= 11 is 3.37. The average molecular weight is 338 g/mol. The molecule has 108 valence electrons. The standard InChI is InChI=1S/C16H20BrNO2/c1-2-3-15(19)12-8-10-18(11-9-12)16(20)13-4-6-14(17)7-5-13/h4-7,12H,2-3,8-11H2,1H3. The Kier molecular flexibility index (Phi) is 5.35. The molecule has 0 N–H and O–H groups in total. The van der Waals surface area contributed by atoms with Gasteiger partial charge in [0, 0.05) is 35.5 Å². The Morgan fingerprint density at radius 1 is 1.20 bits per heavy atom. The second-order valence-electron chi connectivity index (χ2n) is 5.29. The maximum absolute atomic E-state index is 12.3. The molecule has 1 heterocycles. The van der Waals surface area contributed by atoms with Crippen LogP contribution in [0.5, 0.6) is 0 Å². The van der Waals surface area contributed by atoms with Gasteiger partial charge in [-0.1, -0.05) is 22.9 Å². The Labute approximate surface area is 128 Å². The number of halogens is 1. The van der Waals surface area contributed by atoms with Crippen LogP contribution in [0.4, 0.5) is 0 Å². The van der Waals surface area contributed by atoms with Crippen molar-refractivity contribution in [3.8, 4) is 0 Å². The van der Waals surface area contributed by atoms with Crippen LogP contribution in [0.3, 0.4) is 0 Å². The number of likely N-dealkylation sites (tertiary alicyclic amines) is 1. The van der Waals surface area contributed by atoms with Crippen molar-refractivity contribution in [3.05, 3.63) is 34.3 Å². The van der Waals surface area contributed by atoms with E-state index in [0.717, 1.165) is 23.7 Å². The van der Waals surface area contributed by atoms with Gasteiger partial charge < -0.3 is 4.90 Å². The third kappa shape index (κ3) is 3.69. The van der Waals surface area contributed by atoms with E-state index in [1.807, 2.05) is 36.1 Å². The Hall–Kier alpha value is -1.16. The minimum atomic E-state index is 0.0684. The van der Waals surface area contributed by atoms with Crippen molar-refractivity contribution in [2.24, 2.45) is 5.92 Å². The van der Waals surface area contributed by atoms with Crippen LogP contribution in [0.1, 0.15) is 43.0 Å². The largest absolute Gasteiger partial charge is 0.339 e. The van der Waals surface area contributed by atoms with E-state index < -0.39 is 0 Å². The molecule has 1 fully saturated rings. The molecule has 1 amide bonds. The van der Waals surface area contributed by atoms with Crippen LogP contribution in [0.2, 0.25) is 0 Å². The Morgan fingerprint density at radius 2 is 1.80 bits per heavy atom. The minimum absolute atomic E-state index is 0.0684. The summed E-state index contributed by atoms with van der Waals surface area (Å²) in [5, 5.41) is 0. The highest BCUT2D eigenvalue weighted by Gasteiger charge is 2.27. The second kappa shape index (κ2) is 7.02. The number of benzene rings is 1. The van der Waals surface area contributed by atoms with Gasteiger partial charge in [-0.15, -0.1) is 0 Å². The van der Waals surface area contributed by atoms with Gasteiger partial charge in [-0.25, -0.2) is 0 Å². The van der Waals surface area contributed by atoms with E-state index in [9.17, 15) is 9.59 Å². The number of hydrogen-bond acceptors (Lipinski definition) is 2. The summed E-state index contributed by atoms with van der Waals surface area (Å²) in [6.45, 7) is 3.41. The first-order valence-electron chi connectivity index (χ1n) is 7.19. The SMILES string of the molecule is CCCC(=O)C1CCN(C(=O)c2ccc(Br)cc2)CC1. The highest BCUT2D eigenvalue weighted by atomic mass is 79.9. The van der Waals surface area contributed by atoms with Crippen molar-refractivity contribution < 1.29 is 9.59 Å². The molecule has 0 saturated carbocycles. The normalized spacial score (nSPS) is 16.2. The summed E-state index contributed by atoms with van der Waals surface area (Å²) < 4.78 is 0.970. The zero-order chi connectivity index (χ0) is 14.5. The summed E-state index contributed by atoms with van der Waals surface area (Å²) in [6, 6.07) is 7.43. The number of rotatable bonds is 4. The molecule has 20 heavy (non-hydrogen) atoms. The van der Waals surface area contributed by atoms with Crippen LogP contribution < -0.4 is 0 Å². The Bertz CT molecular complexity index is 476. The third-order valence-electron chi connectivity index (χ3n) is 3.83. The molecule has 1 aliphatic heterocycles. The van der Waals surface area contributed by atoms with E-state index in [4.69, 9.17) is 0 Å². The van der Waals surface area contributed by atoms with Gasteiger partial charge >= 0.3 is 0 Å². The number of Topliss-reactive ketones (excluding diaryl/α,β-unsaturated/α-hetero) is 1. The van der Waals surface area contributed by atoms with Crippen LogP contribution in [0.15, 0.2) is 28.7 Å². The highest BCUT2D eigenvalue weighted by molar-refractivity contribution is 9.10. The lowest BCUT2D eigenvalue weighted by Crippen LogP contribution is -2.40. The molecule has 0 unspecified atom stereocenters. The topological polar surface area (TPSA) is 37.4 Å². The molecule has 0 radical (unpaired) electrons. The lowest BCUT2D eigenvalue weighted by atomic mass is 9.90. The van der Waals surface area contributed by atoms with Crippen LogP contribution in [-0.2, 0) is 4.79 Å². The summed E-state index contributed by atoms with van der Waals surface area (Å²) in [5.41, 5.74) is 0.714. The number of amides is 1. The average Bonchev–Trinajstić information content (AvgIpc) is 2.48. The third-order valence-corrected chi connectivity index (χ3v) is 4.35. The van der Waals surface area contributed by atoms with E-state index in [1.54, 1.807) is 0 Å². The van der Waals surface area contributed by atoms with Gasteiger partial charge in [0.1, 0.15) is 5.78 Å². The van der Waals surface area contributed by atoms with Gasteiger partial charge in [0.05, 0.1) is 0 Å². The fourth-order valence-corrected chi connectivity index (χ4v) is 2.89. The number of carbonyl (C=O) groups is 2. The summed E-state index contributed by atoms with van der Waals surface area (Å²) in [7, 11) is 0. The van der Waals surface area contributed by atoms with Gasteiger partial charge in [0.25, 0.3) is 5.91 Å². The summed E-state index contributed by atoms with van der Waals surface area (Å²) in [6.07, 6.45) is 3.20. The molecule has 0 spiro atoms.